The van der Waals surface area contributed by atoms with Gasteiger partial charge in [-0.3, -0.25) is 4.90 Å². The van der Waals surface area contributed by atoms with Gasteiger partial charge in [0.15, 0.2) is 0 Å². The van der Waals surface area contributed by atoms with Crippen molar-refractivity contribution in [3.05, 3.63) is 23.9 Å². The number of hydrogen-bond donors (Lipinski definition) is 0. The Balaban J connectivity index is 1.91. The number of nitrogens with zero attached hydrogens (tertiary/aromatic N) is 6. The van der Waals surface area contributed by atoms with Crippen LogP contribution >= 0.6 is 0 Å². The van der Waals surface area contributed by atoms with Crippen molar-refractivity contribution in [3.63, 3.8) is 0 Å². The Labute approximate surface area is 111 Å². The summed E-state index contributed by atoms with van der Waals surface area (Å²) in [5.41, 5.74) is 0. The fraction of sp³-hybridized carbons (Fsp3) is 0.636. The summed E-state index contributed by atoms with van der Waals surface area (Å²) < 4.78 is 12.4. The second kappa shape index (κ2) is 6.39. The van der Waals surface area contributed by atoms with E-state index >= 15 is 0 Å². The van der Waals surface area contributed by atoms with Crippen LogP contribution in [0.25, 0.3) is 0 Å². The van der Waals surface area contributed by atoms with E-state index in [9.17, 15) is 0 Å². The van der Waals surface area contributed by atoms with Crippen LogP contribution in [-0.2, 0) is 24.4 Å². The van der Waals surface area contributed by atoms with Crippen LogP contribution in [0.4, 0.5) is 0 Å². The lowest BCUT2D eigenvalue weighted by atomic mass is 10.4. The van der Waals surface area contributed by atoms with E-state index in [0.29, 0.717) is 31.5 Å². The van der Waals surface area contributed by atoms with E-state index in [0.717, 1.165) is 12.4 Å². The highest BCUT2D eigenvalue weighted by Gasteiger charge is 2.11. The highest BCUT2D eigenvalue weighted by molar-refractivity contribution is 4.87. The van der Waals surface area contributed by atoms with E-state index in [1.54, 1.807) is 20.4 Å². The van der Waals surface area contributed by atoms with E-state index in [-0.39, 0.29) is 0 Å². The van der Waals surface area contributed by atoms with Gasteiger partial charge in [-0.2, -0.15) is 0 Å². The van der Waals surface area contributed by atoms with Crippen molar-refractivity contribution in [2.75, 3.05) is 20.8 Å². The van der Waals surface area contributed by atoms with Crippen LogP contribution in [0.2, 0.25) is 0 Å². The molecule has 19 heavy (non-hydrogen) atoms. The molecule has 104 valence electrons. The molecule has 0 aliphatic rings. The third kappa shape index (κ3) is 3.83. The average molecular weight is 266 g/mol. The van der Waals surface area contributed by atoms with Gasteiger partial charge in [0, 0.05) is 20.6 Å². The number of aromatic nitrogens is 5. The Kier molecular flexibility index (Phi) is 4.58. The van der Waals surface area contributed by atoms with Gasteiger partial charge in [-0.1, -0.05) is 0 Å². The van der Waals surface area contributed by atoms with E-state index in [4.69, 9.17) is 9.15 Å². The van der Waals surface area contributed by atoms with Crippen molar-refractivity contribution in [1.82, 2.24) is 29.9 Å². The van der Waals surface area contributed by atoms with Crippen LogP contribution < -0.4 is 0 Å². The monoisotopic (exact) mass is 266 g/mol. The van der Waals surface area contributed by atoms with Gasteiger partial charge in [-0.25, -0.2) is 0 Å². The molecule has 8 heteroatoms. The van der Waals surface area contributed by atoms with Gasteiger partial charge in [0.05, 0.1) is 19.7 Å². The van der Waals surface area contributed by atoms with E-state index < -0.39 is 0 Å². The maximum absolute atomic E-state index is 5.34. The molecule has 0 saturated heterocycles. The van der Waals surface area contributed by atoms with Crippen molar-refractivity contribution < 1.29 is 9.15 Å². The molecule has 2 heterocycles. The standard InChI is InChI=1S/C11H18N6O2/c1-9-13-15-11(19-9)7-16(2)6-10-14-12-8-17(10)4-5-18-3/h8H,4-7H2,1-3H3. The molecule has 8 nitrogen and oxygen atoms in total. The van der Waals surface area contributed by atoms with Crippen molar-refractivity contribution in [2.24, 2.45) is 0 Å². The number of ether oxygens (including phenoxy) is 1. The topological polar surface area (TPSA) is 82.1 Å². The fourth-order valence-electron chi connectivity index (χ4n) is 1.71. The number of methoxy groups -OCH3 is 1. The van der Waals surface area contributed by atoms with Crippen molar-refractivity contribution in [2.45, 2.75) is 26.6 Å². The average Bonchev–Trinajstić information content (AvgIpc) is 2.96. The first-order chi connectivity index (χ1) is 9.19. The minimum Gasteiger partial charge on any atom is -0.424 e. The molecule has 0 bridgehead atoms. The molecule has 0 atom stereocenters. The minimum atomic E-state index is 0.576. The Morgan fingerprint density at radius 1 is 1.32 bits per heavy atom. The summed E-state index contributed by atoms with van der Waals surface area (Å²) in [5.74, 6) is 2.06. The predicted molar refractivity (Wildman–Crippen MR) is 66.1 cm³/mol. The molecule has 0 aliphatic heterocycles. The zero-order chi connectivity index (χ0) is 13.7. The van der Waals surface area contributed by atoms with E-state index in [1.165, 1.54) is 0 Å². The highest BCUT2D eigenvalue weighted by atomic mass is 16.5. The molecule has 0 aliphatic carbocycles. The molecule has 0 amide bonds. The molecule has 0 fully saturated rings. The van der Waals surface area contributed by atoms with Crippen LogP contribution in [0.5, 0.6) is 0 Å². The van der Waals surface area contributed by atoms with Gasteiger partial charge < -0.3 is 13.7 Å². The summed E-state index contributed by atoms with van der Waals surface area (Å²) in [4.78, 5) is 2.04. The predicted octanol–water partition coefficient (Wildman–Crippen LogP) is 0.248. The van der Waals surface area contributed by atoms with Gasteiger partial charge in [0.25, 0.3) is 0 Å². The van der Waals surface area contributed by atoms with Gasteiger partial charge in [0.2, 0.25) is 11.8 Å². The Morgan fingerprint density at radius 2 is 2.16 bits per heavy atom. The van der Waals surface area contributed by atoms with Crippen molar-refractivity contribution in [1.29, 1.82) is 0 Å². The molecule has 0 N–H and O–H groups in total. The fourth-order valence-corrected chi connectivity index (χ4v) is 1.71. The number of hydrogen-bond acceptors (Lipinski definition) is 7. The summed E-state index contributed by atoms with van der Waals surface area (Å²) in [6.07, 6.45) is 1.71. The van der Waals surface area contributed by atoms with E-state index in [1.807, 2.05) is 16.5 Å². The lowest BCUT2D eigenvalue weighted by molar-refractivity contribution is 0.184. The first-order valence-electron chi connectivity index (χ1n) is 6.02. The summed E-state index contributed by atoms with van der Waals surface area (Å²) in [6, 6.07) is 0. The van der Waals surface area contributed by atoms with Gasteiger partial charge in [-0.05, 0) is 7.05 Å². The molecule has 2 aromatic heterocycles. The summed E-state index contributed by atoms with van der Waals surface area (Å²) in [6.45, 7) is 4.39. The Morgan fingerprint density at radius 3 is 2.84 bits per heavy atom. The molecule has 0 unspecified atom stereocenters. The zero-order valence-corrected chi connectivity index (χ0v) is 11.4. The summed E-state index contributed by atoms with van der Waals surface area (Å²) in [7, 11) is 3.64. The Hall–Kier alpha value is -1.80. The minimum absolute atomic E-state index is 0.576. The van der Waals surface area contributed by atoms with Crippen LogP contribution in [0.1, 0.15) is 17.6 Å². The molecule has 2 aromatic rings. The van der Waals surface area contributed by atoms with Crippen LogP contribution in [0.3, 0.4) is 0 Å². The van der Waals surface area contributed by atoms with Crippen molar-refractivity contribution >= 4 is 0 Å². The first kappa shape index (κ1) is 13.6. The smallest absolute Gasteiger partial charge is 0.230 e. The Bertz CT molecular complexity index is 509. The molecular formula is C11H18N6O2. The molecule has 2 rings (SSSR count). The van der Waals surface area contributed by atoms with Gasteiger partial charge in [0.1, 0.15) is 12.2 Å². The summed E-state index contributed by atoms with van der Waals surface area (Å²) in [5, 5.41) is 15.8. The normalized spacial score (nSPS) is 11.4. The van der Waals surface area contributed by atoms with Gasteiger partial charge >= 0.3 is 0 Å². The third-order valence-corrected chi connectivity index (χ3v) is 2.62. The highest BCUT2D eigenvalue weighted by Crippen LogP contribution is 2.05. The lowest BCUT2D eigenvalue weighted by Gasteiger charge is -2.14. The SMILES string of the molecule is COCCn1cnnc1CN(C)Cc1nnc(C)o1. The van der Waals surface area contributed by atoms with Crippen LogP contribution in [-0.4, -0.2) is 50.6 Å². The largest absolute Gasteiger partial charge is 0.424 e. The molecule has 0 spiro atoms. The first-order valence-corrected chi connectivity index (χ1v) is 6.02. The maximum Gasteiger partial charge on any atom is 0.230 e. The molecule has 0 saturated carbocycles. The van der Waals surface area contributed by atoms with Crippen LogP contribution in [0, 0.1) is 6.92 Å². The third-order valence-electron chi connectivity index (χ3n) is 2.62. The molecular weight excluding hydrogens is 248 g/mol. The second-order valence-corrected chi connectivity index (χ2v) is 4.32. The zero-order valence-electron chi connectivity index (χ0n) is 11.4. The second-order valence-electron chi connectivity index (χ2n) is 4.32. The van der Waals surface area contributed by atoms with E-state index in [2.05, 4.69) is 20.4 Å². The molecule has 0 radical (unpaired) electrons. The number of aryl methyl sites for hydroxylation is 1. The molecule has 0 aromatic carbocycles. The van der Waals surface area contributed by atoms with Gasteiger partial charge in [-0.15, -0.1) is 20.4 Å². The maximum atomic E-state index is 5.34. The number of rotatable bonds is 7. The summed E-state index contributed by atoms with van der Waals surface area (Å²) >= 11 is 0. The van der Waals surface area contributed by atoms with Crippen molar-refractivity contribution in [3.8, 4) is 0 Å². The van der Waals surface area contributed by atoms with Crippen LogP contribution in [0.15, 0.2) is 10.7 Å². The lowest BCUT2D eigenvalue weighted by Crippen LogP contribution is -2.21. The quantitative estimate of drug-likeness (QED) is 0.710.